The smallest absolute Gasteiger partial charge is 0.114 e. The Kier molecular flexibility index (Phi) is 4.20. The first-order valence-corrected chi connectivity index (χ1v) is 6.60. The van der Waals surface area contributed by atoms with Crippen LogP contribution in [0, 0.1) is 11.3 Å². The van der Waals surface area contributed by atoms with E-state index in [0.29, 0.717) is 11.6 Å². The molecule has 3 nitrogen and oxygen atoms in total. The van der Waals surface area contributed by atoms with Crippen LogP contribution in [0.2, 0.25) is 0 Å². The van der Waals surface area contributed by atoms with Gasteiger partial charge in [-0.05, 0) is 31.5 Å². The Morgan fingerprint density at radius 2 is 2.50 bits per heavy atom. The van der Waals surface area contributed by atoms with Crippen molar-refractivity contribution in [2.45, 2.75) is 30.3 Å². The summed E-state index contributed by atoms with van der Waals surface area (Å²) in [5.41, 5.74) is 0.684. The van der Waals surface area contributed by atoms with Crippen LogP contribution < -0.4 is 5.32 Å². The molecule has 0 unspecified atom stereocenters. The Balaban J connectivity index is 1.91. The van der Waals surface area contributed by atoms with Gasteiger partial charge >= 0.3 is 0 Å². The van der Waals surface area contributed by atoms with Crippen LogP contribution >= 0.6 is 11.8 Å². The van der Waals surface area contributed by atoms with Gasteiger partial charge in [-0.1, -0.05) is 6.42 Å². The zero-order chi connectivity index (χ0) is 11.2. The van der Waals surface area contributed by atoms with E-state index >= 15 is 0 Å². The van der Waals surface area contributed by atoms with Crippen molar-refractivity contribution in [1.29, 1.82) is 5.26 Å². The fourth-order valence-corrected chi connectivity index (χ4v) is 2.88. The summed E-state index contributed by atoms with van der Waals surface area (Å²) in [6.45, 7) is 1.12. The van der Waals surface area contributed by atoms with Gasteiger partial charge < -0.3 is 5.32 Å². The lowest BCUT2D eigenvalue weighted by Gasteiger charge is -2.22. The molecule has 0 amide bonds. The summed E-state index contributed by atoms with van der Waals surface area (Å²) in [6, 6.07) is 6.39. The number of rotatable bonds is 3. The van der Waals surface area contributed by atoms with Crippen LogP contribution in [0.25, 0.3) is 0 Å². The SMILES string of the molecule is N#Cc1cccnc1SC[C@@H]1CCCCN1. The van der Waals surface area contributed by atoms with E-state index in [1.807, 2.05) is 12.1 Å². The lowest BCUT2D eigenvalue weighted by Crippen LogP contribution is -2.35. The maximum absolute atomic E-state index is 8.94. The van der Waals surface area contributed by atoms with Crippen LogP contribution in [-0.2, 0) is 0 Å². The van der Waals surface area contributed by atoms with Gasteiger partial charge in [0, 0.05) is 18.0 Å². The maximum Gasteiger partial charge on any atom is 0.114 e. The second-order valence-corrected chi connectivity index (χ2v) is 4.93. The number of hydrogen-bond donors (Lipinski definition) is 1. The largest absolute Gasteiger partial charge is 0.313 e. The second-order valence-electron chi connectivity index (χ2n) is 3.93. The third-order valence-electron chi connectivity index (χ3n) is 2.73. The molecule has 4 heteroatoms. The van der Waals surface area contributed by atoms with Crippen molar-refractivity contribution in [1.82, 2.24) is 10.3 Å². The van der Waals surface area contributed by atoms with E-state index in [1.54, 1.807) is 18.0 Å². The first-order chi connectivity index (χ1) is 7.90. The minimum Gasteiger partial charge on any atom is -0.313 e. The van der Waals surface area contributed by atoms with Crippen molar-refractivity contribution in [2.75, 3.05) is 12.3 Å². The van der Waals surface area contributed by atoms with Crippen LogP contribution in [0.4, 0.5) is 0 Å². The second kappa shape index (κ2) is 5.88. The number of aromatic nitrogens is 1. The zero-order valence-corrected chi connectivity index (χ0v) is 9.96. The number of pyridine rings is 1. The summed E-state index contributed by atoms with van der Waals surface area (Å²) in [5, 5.41) is 13.3. The molecule has 0 aromatic carbocycles. The number of nitrogens with one attached hydrogen (secondary N) is 1. The monoisotopic (exact) mass is 233 g/mol. The van der Waals surface area contributed by atoms with Crippen molar-refractivity contribution < 1.29 is 0 Å². The summed E-state index contributed by atoms with van der Waals surface area (Å²) < 4.78 is 0. The molecule has 1 atom stereocenters. The average Bonchev–Trinajstić information content (AvgIpc) is 2.38. The average molecular weight is 233 g/mol. The van der Waals surface area contributed by atoms with Gasteiger partial charge in [-0.15, -0.1) is 11.8 Å². The third-order valence-corrected chi connectivity index (χ3v) is 3.89. The van der Waals surface area contributed by atoms with Gasteiger partial charge in [0.1, 0.15) is 11.1 Å². The van der Waals surface area contributed by atoms with Gasteiger partial charge in [0.25, 0.3) is 0 Å². The molecular formula is C12H15N3S. The number of nitrogens with zero attached hydrogens (tertiary/aromatic N) is 2. The van der Waals surface area contributed by atoms with E-state index in [0.717, 1.165) is 17.3 Å². The molecule has 1 aliphatic heterocycles. The molecule has 84 valence electrons. The van der Waals surface area contributed by atoms with Crippen molar-refractivity contribution in [3.63, 3.8) is 0 Å². The Morgan fingerprint density at radius 1 is 1.56 bits per heavy atom. The molecule has 16 heavy (non-hydrogen) atoms. The van der Waals surface area contributed by atoms with Crippen molar-refractivity contribution >= 4 is 11.8 Å². The summed E-state index contributed by atoms with van der Waals surface area (Å²) in [5.74, 6) is 1.01. The lowest BCUT2D eigenvalue weighted by molar-refractivity contribution is 0.430. The molecule has 1 aromatic rings. The van der Waals surface area contributed by atoms with Crippen LogP contribution in [0.3, 0.4) is 0 Å². The molecular weight excluding hydrogens is 218 g/mol. The Morgan fingerprint density at radius 3 is 3.25 bits per heavy atom. The highest BCUT2D eigenvalue weighted by Gasteiger charge is 2.13. The minimum absolute atomic E-state index is 0.576. The van der Waals surface area contributed by atoms with Crippen LogP contribution in [0.1, 0.15) is 24.8 Å². The van der Waals surface area contributed by atoms with Gasteiger partial charge in [0.05, 0.1) is 5.56 Å². The molecule has 1 fully saturated rings. The van der Waals surface area contributed by atoms with Crippen LogP contribution in [-0.4, -0.2) is 23.3 Å². The molecule has 0 bridgehead atoms. The Labute approximate surface area is 100 Å². The lowest BCUT2D eigenvalue weighted by atomic mass is 10.1. The first kappa shape index (κ1) is 11.4. The fraction of sp³-hybridized carbons (Fsp3) is 0.500. The summed E-state index contributed by atoms with van der Waals surface area (Å²) in [6.07, 6.45) is 5.58. The van der Waals surface area contributed by atoms with E-state index in [1.165, 1.54) is 19.3 Å². The van der Waals surface area contributed by atoms with Gasteiger partial charge in [-0.25, -0.2) is 4.98 Å². The normalized spacial score (nSPS) is 20.3. The third kappa shape index (κ3) is 2.97. The van der Waals surface area contributed by atoms with Gasteiger partial charge in [-0.3, -0.25) is 0 Å². The molecule has 1 saturated heterocycles. The molecule has 1 N–H and O–H groups in total. The predicted octanol–water partition coefficient (Wildman–Crippen LogP) is 2.19. The molecule has 0 spiro atoms. The van der Waals surface area contributed by atoms with Gasteiger partial charge in [-0.2, -0.15) is 5.26 Å². The van der Waals surface area contributed by atoms with Crippen molar-refractivity contribution in [3.8, 4) is 6.07 Å². The molecule has 2 heterocycles. The van der Waals surface area contributed by atoms with Gasteiger partial charge in [0.15, 0.2) is 0 Å². The van der Waals surface area contributed by atoms with Crippen molar-refractivity contribution in [3.05, 3.63) is 23.9 Å². The minimum atomic E-state index is 0.576. The van der Waals surface area contributed by atoms with Crippen molar-refractivity contribution in [2.24, 2.45) is 0 Å². The van der Waals surface area contributed by atoms with Crippen LogP contribution in [0.15, 0.2) is 23.4 Å². The number of nitriles is 1. The summed E-state index contributed by atoms with van der Waals surface area (Å²) in [7, 11) is 0. The highest BCUT2D eigenvalue weighted by molar-refractivity contribution is 7.99. The number of piperidine rings is 1. The van der Waals surface area contributed by atoms with Gasteiger partial charge in [0.2, 0.25) is 0 Å². The standard InChI is InChI=1S/C12H15N3S/c13-8-10-4-3-7-15-12(10)16-9-11-5-1-2-6-14-11/h3-4,7,11,14H,1-2,5-6,9H2/t11-/m0/s1. The van der Waals surface area contributed by atoms with E-state index in [-0.39, 0.29) is 0 Å². The highest BCUT2D eigenvalue weighted by atomic mass is 32.2. The predicted molar refractivity (Wildman–Crippen MR) is 65.3 cm³/mol. The Hall–Kier alpha value is -1.05. The van der Waals surface area contributed by atoms with E-state index in [2.05, 4.69) is 16.4 Å². The van der Waals surface area contributed by atoms with E-state index in [9.17, 15) is 0 Å². The topological polar surface area (TPSA) is 48.7 Å². The quantitative estimate of drug-likeness (QED) is 0.813. The van der Waals surface area contributed by atoms with Crippen LogP contribution in [0.5, 0.6) is 0 Å². The molecule has 0 radical (unpaired) electrons. The first-order valence-electron chi connectivity index (χ1n) is 5.61. The number of thioether (sulfide) groups is 1. The molecule has 2 rings (SSSR count). The van der Waals surface area contributed by atoms with E-state index in [4.69, 9.17) is 5.26 Å². The molecule has 1 aromatic heterocycles. The maximum atomic E-state index is 8.94. The molecule has 1 aliphatic rings. The molecule has 0 aliphatic carbocycles. The summed E-state index contributed by atoms with van der Waals surface area (Å²) in [4.78, 5) is 4.25. The fourth-order valence-electron chi connectivity index (χ4n) is 1.84. The zero-order valence-electron chi connectivity index (χ0n) is 9.15. The number of hydrogen-bond acceptors (Lipinski definition) is 4. The summed E-state index contributed by atoms with van der Waals surface area (Å²) >= 11 is 1.68. The molecule has 0 saturated carbocycles. The Bertz CT molecular complexity index is 380. The highest BCUT2D eigenvalue weighted by Crippen LogP contribution is 2.22. The van der Waals surface area contributed by atoms with E-state index < -0.39 is 0 Å².